The van der Waals surface area contributed by atoms with Crippen molar-refractivity contribution in [2.24, 2.45) is 0 Å². The van der Waals surface area contributed by atoms with E-state index in [1.165, 1.54) is 7.11 Å². The summed E-state index contributed by atoms with van der Waals surface area (Å²) in [6, 6.07) is 13.9. The number of nitrogens with zero attached hydrogens (tertiary/aromatic N) is 3. The Morgan fingerprint density at radius 2 is 1.97 bits per heavy atom. The van der Waals surface area contributed by atoms with Crippen LogP contribution < -0.4 is 5.32 Å². The first-order valence-corrected chi connectivity index (χ1v) is 14.2. The van der Waals surface area contributed by atoms with E-state index in [4.69, 9.17) is 4.74 Å². The van der Waals surface area contributed by atoms with Crippen LogP contribution in [0.4, 0.5) is 0 Å². The molecule has 1 amide bonds. The van der Waals surface area contributed by atoms with Crippen LogP contribution in [0, 0.1) is 0 Å². The van der Waals surface area contributed by atoms with Crippen LogP contribution in [0.5, 0.6) is 0 Å². The largest absolute Gasteiger partial charge is 0.467 e. The standard InChI is InChI=1S/C28H37N5O3S/c1-28(25-17-29-20-30-25,32-14-6-7-15-32)33(18-22-11-8-10-21-9-4-5-12-23(21)22)19-26(34)31-24(13-16-37-3)27(35)36-2/h4-5,8-12,17,20,24H,6-7,13-16,18-19H2,1-3H3,(H,29,30)(H,31,34). The molecule has 2 N–H and O–H groups in total. The van der Waals surface area contributed by atoms with Gasteiger partial charge in [0.2, 0.25) is 5.91 Å². The molecule has 0 radical (unpaired) electrons. The third-order valence-corrected chi connectivity index (χ3v) is 8.00. The Morgan fingerprint density at radius 3 is 2.68 bits per heavy atom. The molecule has 8 nitrogen and oxygen atoms in total. The predicted octanol–water partition coefficient (Wildman–Crippen LogP) is 3.74. The molecule has 0 aliphatic carbocycles. The predicted molar refractivity (Wildman–Crippen MR) is 148 cm³/mol. The Hall–Kier alpha value is -2.88. The number of H-pyrrole nitrogens is 1. The van der Waals surface area contributed by atoms with Crippen LogP contribution >= 0.6 is 11.8 Å². The van der Waals surface area contributed by atoms with Gasteiger partial charge in [-0.15, -0.1) is 0 Å². The summed E-state index contributed by atoms with van der Waals surface area (Å²) < 4.78 is 4.97. The molecule has 2 unspecified atom stereocenters. The van der Waals surface area contributed by atoms with Gasteiger partial charge in [0.1, 0.15) is 11.7 Å². The second-order valence-corrected chi connectivity index (χ2v) is 10.6. The SMILES string of the molecule is COC(=O)C(CCSC)NC(=O)CN(Cc1cccc2ccccc12)C(C)(c1cnc[nH]1)N1CCCC1. The molecule has 37 heavy (non-hydrogen) atoms. The maximum atomic E-state index is 13.5. The number of carbonyl (C=O) groups is 2. The lowest BCUT2D eigenvalue weighted by Crippen LogP contribution is -2.58. The number of thioether (sulfide) groups is 1. The van der Waals surface area contributed by atoms with Gasteiger partial charge in [-0.25, -0.2) is 9.78 Å². The smallest absolute Gasteiger partial charge is 0.328 e. The van der Waals surface area contributed by atoms with Gasteiger partial charge in [-0.1, -0.05) is 42.5 Å². The van der Waals surface area contributed by atoms with Crippen molar-refractivity contribution in [3.63, 3.8) is 0 Å². The van der Waals surface area contributed by atoms with Crippen molar-refractivity contribution in [1.29, 1.82) is 0 Å². The zero-order valence-corrected chi connectivity index (χ0v) is 22.7. The van der Waals surface area contributed by atoms with Crippen molar-refractivity contribution in [1.82, 2.24) is 25.1 Å². The van der Waals surface area contributed by atoms with E-state index < -0.39 is 17.7 Å². The normalized spacial score (nSPS) is 16.5. The number of imidazole rings is 1. The molecule has 198 valence electrons. The molecule has 9 heteroatoms. The van der Waals surface area contributed by atoms with Gasteiger partial charge in [0, 0.05) is 19.6 Å². The number of fused-ring (bicyclic) bond motifs is 1. The number of carbonyl (C=O) groups excluding carboxylic acids is 2. The lowest BCUT2D eigenvalue weighted by Gasteiger charge is -2.46. The van der Waals surface area contributed by atoms with Crippen molar-refractivity contribution in [2.75, 3.05) is 38.8 Å². The Labute approximate surface area is 223 Å². The minimum absolute atomic E-state index is 0.113. The van der Waals surface area contributed by atoms with E-state index in [-0.39, 0.29) is 12.5 Å². The first-order valence-electron chi connectivity index (χ1n) is 12.8. The van der Waals surface area contributed by atoms with Crippen LogP contribution in [0.15, 0.2) is 55.0 Å². The third-order valence-electron chi connectivity index (χ3n) is 7.35. The first kappa shape index (κ1) is 27.2. The van der Waals surface area contributed by atoms with Crippen molar-refractivity contribution in [3.05, 3.63) is 66.2 Å². The third kappa shape index (κ3) is 6.17. The number of rotatable bonds is 12. The van der Waals surface area contributed by atoms with Gasteiger partial charge in [-0.2, -0.15) is 11.8 Å². The molecule has 0 saturated carbocycles. The van der Waals surface area contributed by atoms with E-state index in [2.05, 4.69) is 62.3 Å². The highest BCUT2D eigenvalue weighted by Crippen LogP contribution is 2.36. The minimum atomic E-state index is -0.672. The average Bonchev–Trinajstić information content (AvgIpc) is 3.65. The van der Waals surface area contributed by atoms with Gasteiger partial charge in [0.25, 0.3) is 0 Å². The van der Waals surface area contributed by atoms with Crippen LogP contribution in [0.2, 0.25) is 0 Å². The lowest BCUT2D eigenvalue weighted by molar-refractivity contribution is -0.146. The van der Waals surface area contributed by atoms with E-state index in [1.807, 2.05) is 24.6 Å². The molecule has 2 aromatic carbocycles. The van der Waals surface area contributed by atoms with Gasteiger partial charge >= 0.3 is 5.97 Å². The maximum Gasteiger partial charge on any atom is 0.328 e. The van der Waals surface area contributed by atoms with Crippen LogP contribution in [0.25, 0.3) is 10.8 Å². The van der Waals surface area contributed by atoms with Crippen LogP contribution in [-0.2, 0) is 26.5 Å². The maximum absolute atomic E-state index is 13.5. The van der Waals surface area contributed by atoms with Crippen molar-refractivity contribution >= 4 is 34.4 Å². The van der Waals surface area contributed by atoms with Gasteiger partial charge < -0.3 is 15.0 Å². The Bertz CT molecular complexity index is 1180. The summed E-state index contributed by atoms with van der Waals surface area (Å²) in [7, 11) is 1.36. The van der Waals surface area contributed by atoms with E-state index in [9.17, 15) is 9.59 Å². The molecule has 0 bridgehead atoms. The summed E-state index contributed by atoms with van der Waals surface area (Å²) in [5, 5.41) is 5.28. The number of nitrogens with one attached hydrogen (secondary N) is 2. The number of ether oxygens (including phenoxy) is 1. The molecule has 1 aliphatic heterocycles. The highest BCUT2D eigenvalue weighted by Gasteiger charge is 2.43. The van der Waals surface area contributed by atoms with Gasteiger partial charge in [0.15, 0.2) is 0 Å². The second kappa shape index (κ2) is 12.6. The number of likely N-dealkylation sites (tertiary alicyclic amines) is 1. The zero-order chi connectivity index (χ0) is 26.3. The fraction of sp³-hybridized carbons (Fsp3) is 0.464. The summed E-state index contributed by atoms with van der Waals surface area (Å²) in [6.45, 7) is 4.69. The Balaban J connectivity index is 1.69. The number of aromatic nitrogens is 2. The molecule has 1 saturated heterocycles. The zero-order valence-electron chi connectivity index (χ0n) is 21.9. The molecular weight excluding hydrogens is 486 g/mol. The number of hydrogen-bond donors (Lipinski definition) is 2. The topological polar surface area (TPSA) is 90.6 Å². The summed E-state index contributed by atoms with van der Waals surface area (Å²) in [5.74, 6) is 0.125. The molecule has 2 atom stereocenters. The Kier molecular flexibility index (Phi) is 9.23. The molecule has 4 rings (SSSR count). The van der Waals surface area contributed by atoms with Gasteiger partial charge in [-0.05, 0) is 54.5 Å². The summed E-state index contributed by atoms with van der Waals surface area (Å²) >= 11 is 1.63. The monoisotopic (exact) mass is 523 g/mol. The number of amides is 1. The van der Waals surface area contributed by atoms with Crippen molar-refractivity contribution in [3.8, 4) is 0 Å². The van der Waals surface area contributed by atoms with Crippen LogP contribution in [0.3, 0.4) is 0 Å². The van der Waals surface area contributed by atoms with Crippen LogP contribution in [0.1, 0.15) is 37.4 Å². The number of esters is 1. The fourth-order valence-corrected chi connectivity index (χ4v) is 5.72. The number of aromatic amines is 1. The first-order chi connectivity index (χ1) is 18.0. The van der Waals surface area contributed by atoms with Crippen LogP contribution in [-0.4, -0.2) is 76.4 Å². The summed E-state index contributed by atoms with van der Waals surface area (Å²) in [6.07, 6.45) is 8.26. The molecule has 0 spiro atoms. The fourth-order valence-electron chi connectivity index (χ4n) is 5.25. The molecule has 1 fully saturated rings. The van der Waals surface area contributed by atoms with Gasteiger partial charge in [-0.3, -0.25) is 14.6 Å². The van der Waals surface area contributed by atoms with E-state index in [0.717, 1.165) is 53.7 Å². The molecule has 3 aromatic rings. The van der Waals surface area contributed by atoms with E-state index >= 15 is 0 Å². The van der Waals surface area contributed by atoms with Gasteiger partial charge in [0.05, 0.1) is 31.9 Å². The summed E-state index contributed by atoms with van der Waals surface area (Å²) in [5.41, 5.74) is 1.48. The number of hydrogen-bond acceptors (Lipinski definition) is 7. The number of methoxy groups -OCH3 is 1. The minimum Gasteiger partial charge on any atom is -0.467 e. The van der Waals surface area contributed by atoms with Crippen molar-refractivity contribution in [2.45, 2.75) is 44.4 Å². The highest BCUT2D eigenvalue weighted by atomic mass is 32.2. The second-order valence-electron chi connectivity index (χ2n) is 9.60. The molecular formula is C28H37N5O3S. The van der Waals surface area contributed by atoms with Crippen molar-refractivity contribution < 1.29 is 14.3 Å². The Morgan fingerprint density at radius 1 is 1.22 bits per heavy atom. The molecule has 2 heterocycles. The molecule has 1 aromatic heterocycles. The summed E-state index contributed by atoms with van der Waals surface area (Å²) in [4.78, 5) is 38.2. The van der Waals surface area contributed by atoms with E-state index in [0.29, 0.717) is 13.0 Å². The quantitative estimate of drug-likeness (QED) is 0.350. The number of benzene rings is 2. The lowest BCUT2D eigenvalue weighted by atomic mass is 10.00. The highest BCUT2D eigenvalue weighted by molar-refractivity contribution is 7.98. The molecule has 1 aliphatic rings. The average molecular weight is 524 g/mol. The van der Waals surface area contributed by atoms with E-state index in [1.54, 1.807) is 18.1 Å².